The lowest BCUT2D eigenvalue weighted by atomic mass is 10.0. The minimum Gasteiger partial charge on any atom is -0.333 e. The standard InChI is InChI=1S/C20H21N3O3S2/c1-21-11-16(24)22(2)20-17(19(21)26)12-8-9-23(10-15(12)28-20)18(25)13-6-4-5-7-14(13)27-3/h4-7H,8-11H2,1-3H3. The third-order valence-corrected chi connectivity index (χ3v) is 7.36. The Hall–Kier alpha value is -2.32. The van der Waals surface area contributed by atoms with Crippen LogP contribution in [0.15, 0.2) is 29.2 Å². The summed E-state index contributed by atoms with van der Waals surface area (Å²) >= 11 is 3.01. The smallest absolute Gasteiger partial charge is 0.257 e. The number of carbonyl (C=O) groups excluding carboxylic acids is 3. The first-order valence-electron chi connectivity index (χ1n) is 9.01. The van der Waals surface area contributed by atoms with E-state index in [2.05, 4.69) is 0 Å². The maximum Gasteiger partial charge on any atom is 0.257 e. The Balaban J connectivity index is 1.68. The summed E-state index contributed by atoms with van der Waals surface area (Å²) < 4.78 is 0. The molecule has 0 atom stereocenters. The zero-order chi connectivity index (χ0) is 20.0. The molecule has 0 spiro atoms. The summed E-state index contributed by atoms with van der Waals surface area (Å²) in [5.41, 5.74) is 2.33. The molecule has 28 heavy (non-hydrogen) atoms. The lowest BCUT2D eigenvalue weighted by molar-refractivity contribution is -0.118. The number of fused-ring (bicyclic) bond motifs is 3. The lowest BCUT2D eigenvalue weighted by Gasteiger charge is -2.28. The molecule has 4 rings (SSSR count). The molecule has 8 heteroatoms. The second-order valence-electron chi connectivity index (χ2n) is 6.97. The molecule has 2 aliphatic rings. The van der Waals surface area contributed by atoms with Crippen molar-refractivity contribution in [2.75, 3.05) is 38.3 Å². The predicted molar refractivity (Wildman–Crippen MR) is 111 cm³/mol. The highest BCUT2D eigenvalue weighted by Gasteiger charge is 2.36. The van der Waals surface area contributed by atoms with Crippen molar-refractivity contribution in [1.82, 2.24) is 9.80 Å². The molecular weight excluding hydrogens is 394 g/mol. The van der Waals surface area contributed by atoms with Crippen LogP contribution in [-0.4, -0.2) is 61.0 Å². The molecule has 2 aromatic rings. The quantitative estimate of drug-likeness (QED) is 0.708. The SMILES string of the molecule is CSc1ccccc1C(=O)N1CCc2c(sc3c2C(=O)N(C)CC(=O)N3C)C1. The van der Waals surface area contributed by atoms with Crippen LogP contribution in [0.2, 0.25) is 0 Å². The monoisotopic (exact) mass is 415 g/mol. The summed E-state index contributed by atoms with van der Waals surface area (Å²) in [5.74, 6) is -0.209. The van der Waals surface area contributed by atoms with Crippen molar-refractivity contribution in [3.63, 3.8) is 0 Å². The van der Waals surface area contributed by atoms with Gasteiger partial charge in [-0.3, -0.25) is 14.4 Å². The number of hydrogen-bond donors (Lipinski definition) is 0. The van der Waals surface area contributed by atoms with Gasteiger partial charge < -0.3 is 14.7 Å². The van der Waals surface area contributed by atoms with Crippen LogP contribution >= 0.6 is 23.1 Å². The molecule has 0 unspecified atom stereocenters. The van der Waals surface area contributed by atoms with Gasteiger partial charge in [-0.05, 0) is 30.4 Å². The molecule has 0 radical (unpaired) electrons. The van der Waals surface area contributed by atoms with Crippen LogP contribution in [0.3, 0.4) is 0 Å². The number of thiophene rings is 1. The molecule has 0 N–H and O–H groups in total. The van der Waals surface area contributed by atoms with Gasteiger partial charge in [0.25, 0.3) is 11.8 Å². The number of benzene rings is 1. The van der Waals surface area contributed by atoms with Crippen molar-refractivity contribution in [1.29, 1.82) is 0 Å². The zero-order valence-corrected chi connectivity index (χ0v) is 17.7. The summed E-state index contributed by atoms with van der Waals surface area (Å²) in [6, 6.07) is 7.63. The average molecular weight is 416 g/mol. The third-order valence-electron chi connectivity index (χ3n) is 5.27. The number of hydrogen-bond acceptors (Lipinski definition) is 5. The van der Waals surface area contributed by atoms with Gasteiger partial charge in [0.2, 0.25) is 5.91 Å². The summed E-state index contributed by atoms with van der Waals surface area (Å²) in [5, 5.41) is 0.697. The van der Waals surface area contributed by atoms with Gasteiger partial charge in [-0.25, -0.2) is 0 Å². The Morgan fingerprint density at radius 1 is 1.14 bits per heavy atom. The molecule has 146 valence electrons. The molecule has 0 saturated heterocycles. The Kier molecular flexibility index (Phi) is 4.93. The van der Waals surface area contributed by atoms with Crippen LogP contribution in [0.4, 0.5) is 5.00 Å². The number of carbonyl (C=O) groups is 3. The van der Waals surface area contributed by atoms with Crippen LogP contribution in [0, 0.1) is 0 Å². The van der Waals surface area contributed by atoms with E-state index < -0.39 is 0 Å². The van der Waals surface area contributed by atoms with Gasteiger partial charge in [-0.15, -0.1) is 23.1 Å². The van der Waals surface area contributed by atoms with Crippen molar-refractivity contribution < 1.29 is 14.4 Å². The van der Waals surface area contributed by atoms with Crippen LogP contribution in [0.1, 0.15) is 31.2 Å². The number of nitrogens with zero attached hydrogens (tertiary/aromatic N) is 3. The predicted octanol–water partition coefficient (Wildman–Crippen LogP) is 2.72. The van der Waals surface area contributed by atoms with E-state index in [4.69, 9.17) is 0 Å². The second kappa shape index (κ2) is 7.25. The molecule has 0 bridgehead atoms. The maximum atomic E-state index is 13.1. The number of rotatable bonds is 2. The first-order chi connectivity index (χ1) is 13.4. The van der Waals surface area contributed by atoms with E-state index in [1.54, 1.807) is 30.8 Å². The Bertz CT molecular complexity index is 985. The first kappa shape index (κ1) is 19.0. The zero-order valence-electron chi connectivity index (χ0n) is 16.0. The molecule has 0 fully saturated rings. The molecule has 0 aliphatic carbocycles. The number of thioether (sulfide) groups is 1. The van der Waals surface area contributed by atoms with Gasteiger partial charge in [-0.2, -0.15) is 0 Å². The Morgan fingerprint density at radius 2 is 1.89 bits per heavy atom. The van der Waals surface area contributed by atoms with Crippen molar-refractivity contribution in [2.24, 2.45) is 0 Å². The van der Waals surface area contributed by atoms with Crippen LogP contribution < -0.4 is 4.90 Å². The molecule has 2 aliphatic heterocycles. The van der Waals surface area contributed by atoms with Crippen LogP contribution in [0.25, 0.3) is 0 Å². The fraction of sp³-hybridized carbons (Fsp3) is 0.350. The fourth-order valence-corrected chi connectivity index (χ4v) is 5.62. The largest absolute Gasteiger partial charge is 0.333 e. The van der Waals surface area contributed by atoms with E-state index in [0.717, 1.165) is 15.3 Å². The van der Waals surface area contributed by atoms with E-state index in [9.17, 15) is 14.4 Å². The number of amides is 3. The van der Waals surface area contributed by atoms with Gasteiger partial charge in [-0.1, -0.05) is 12.1 Å². The highest BCUT2D eigenvalue weighted by molar-refractivity contribution is 7.98. The Labute approximate surface area is 172 Å². The van der Waals surface area contributed by atoms with Crippen molar-refractivity contribution >= 4 is 45.8 Å². The number of likely N-dealkylation sites (N-methyl/N-ethyl adjacent to an activating group) is 2. The normalized spacial score (nSPS) is 16.8. The minimum absolute atomic E-state index is 0.00655. The van der Waals surface area contributed by atoms with Crippen LogP contribution in [-0.2, 0) is 17.8 Å². The third kappa shape index (κ3) is 3.00. The van der Waals surface area contributed by atoms with Crippen LogP contribution in [0.5, 0.6) is 0 Å². The van der Waals surface area contributed by atoms with E-state index in [0.29, 0.717) is 35.6 Å². The first-order valence-corrected chi connectivity index (χ1v) is 11.0. The number of anilines is 1. The van der Waals surface area contributed by atoms with E-state index in [1.165, 1.54) is 16.2 Å². The average Bonchev–Trinajstić information content (AvgIpc) is 3.07. The van der Waals surface area contributed by atoms with Gasteiger partial charge in [0.1, 0.15) is 11.5 Å². The lowest BCUT2D eigenvalue weighted by Crippen LogP contribution is -2.37. The molecular formula is C20H21N3O3S2. The Morgan fingerprint density at radius 3 is 2.64 bits per heavy atom. The van der Waals surface area contributed by atoms with Gasteiger partial charge in [0.15, 0.2) is 0 Å². The van der Waals surface area contributed by atoms with Crippen molar-refractivity contribution in [3.05, 3.63) is 45.8 Å². The van der Waals surface area contributed by atoms with Crippen molar-refractivity contribution in [2.45, 2.75) is 17.9 Å². The molecule has 1 aromatic carbocycles. The molecule has 1 aromatic heterocycles. The van der Waals surface area contributed by atoms with E-state index >= 15 is 0 Å². The molecule has 3 heterocycles. The van der Waals surface area contributed by atoms with Crippen molar-refractivity contribution in [3.8, 4) is 0 Å². The second-order valence-corrected chi connectivity index (χ2v) is 8.91. The topological polar surface area (TPSA) is 60.9 Å². The van der Waals surface area contributed by atoms with Gasteiger partial charge >= 0.3 is 0 Å². The van der Waals surface area contributed by atoms with Gasteiger partial charge in [0, 0.05) is 30.4 Å². The summed E-state index contributed by atoms with van der Waals surface area (Å²) in [7, 11) is 3.37. The highest BCUT2D eigenvalue weighted by Crippen LogP contribution is 2.41. The summed E-state index contributed by atoms with van der Waals surface area (Å²) in [4.78, 5) is 45.1. The fourth-order valence-electron chi connectivity index (χ4n) is 3.70. The van der Waals surface area contributed by atoms with Gasteiger partial charge in [0.05, 0.1) is 17.7 Å². The summed E-state index contributed by atoms with van der Waals surface area (Å²) in [6.07, 6.45) is 2.58. The van der Waals surface area contributed by atoms with E-state index in [1.807, 2.05) is 35.4 Å². The molecule has 0 saturated carbocycles. The molecule has 3 amide bonds. The van der Waals surface area contributed by atoms with E-state index in [-0.39, 0.29) is 24.3 Å². The minimum atomic E-state index is -0.113. The maximum absolute atomic E-state index is 13.1. The highest BCUT2D eigenvalue weighted by atomic mass is 32.2. The summed E-state index contributed by atoms with van der Waals surface area (Å²) in [6.45, 7) is 1.11. The molecule has 6 nitrogen and oxygen atoms in total.